The number of guanidine groups is 1. The predicted molar refractivity (Wildman–Crippen MR) is 95.4 cm³/mol. The van der Waals surface area contributed by atoms with E-state index in [0.29, 0.717) is 12.5 Å². The Morgan fingerprint density at radius 2 is 1.83 bits per heavy atom. The molecule has 0 saturated carbocycles. The van der Waals surface area contributed by atoms with Gasteiger partial charge in [-0.05, 0) is 43.6 Å². The monoisotopic (exact) mass is 332 g/mol. The average molecular weight is 332 g/mol. The average Bonchev–Trinajstić information content (AvgIpc) is 3.17. The molecule has 6 heteroatoms. The first-order valence-electron chi connectivity index (χ1n) is 8.78. The first-order chi connectivity index (χ1) is 11.8. The lowest BCUT2D eigenvalue weighted by atomic mass is 10.1. The molecule has 0 spiro atoms. The second-order valence-electron chi connectivity index (χ2n) is 6.33. The van der Waals surface area contributed by atoms with E-state index >= 15 is 0 Å². The fourth-order valence-corrected chi connectivity index (χ4v) is 3.38. The number of methoxy groups -OCH3 is 1. The van der Waals surface area contributed by atoms with Crippen molar-refractivity contribution in [3.05, 3.63) is 29.8 Å². The van der Waals surface area contributed by atoms with Crippen LogP contribution in [-0.4, -0.2) is 68.8 Å². The van der Waals surface area contributed by atoms with Gasteiger partial charge in [-0.3, -0.25) is 9.89 Å². The molecule has 1 unspecified atom stereocenters. The molecule has 2 aliphatic rings. The number of likely N-dealkylation sites (tertiary alicyclic amines) is 1. The van der Waals surface area contributed by atoms with Crippen LogP contribution in [0, 0.1) is 0 Å². The summed E-state index contributed by atoms with van der Waals surface area (Å²) in [7, 11) is 1.69. The van der Waals surface area contributed by atoms with Gasteiger partial charge in [-0.25, -0.2) is 0 Å². The molecule has 3 rings (SSSR count). The van der Waals surface area contributed by atoms with Crippen molar-refractivity contribution in [1.29, 1.82) is 0 Å². The number of nitrogens with two attached hydrogens (primary N) is 1. The Balaban J connectivity index is 1.71. The summed E-state index contributed by atoms with van der Waals surface area (Å²) in [5.41, 5.74) is 7.48. The zero-order chi connectivity index (χ0) is 16.8. The zero-order valence-electron chi connectivity index (χ0n) is 14.5. The van der Waals surface area contributed by atoms with Gasteiger partial charge in [0.15, 0.2) is 5.96 Å². The molecule has 2 fully saturated rings. The van der Waals surface area contributed by atoms with E-state index in [1.165, 1.54) is 18.4 Å². The Bertz CT molecular complexity index is 534. The van der Waals surface area contributed by atoms with Crippen LogP contribution in [0.1, 0.15) is 24.4 Å². The molecule has 0 aliphatic carbocycles. The van der Waals surface area contributed by atoms with Crippen LogP contribution in [0.3, 0.4) is 0 Å². The largest absolute Gasteiger partial charge is 0.497 e. The highest BCUT2D eigenvalue weighted by Crippen LogP contribution is 2.27. The third-order valence-corrected chi connectivity index (χ3v) is 4.84. The van der Waals surface area contributed by atoms with Crippen LogP contribution >= 0.6 is 0 Å². The van der Waals surface area contributed by atoms with Gasteiger partial charge in [0.2, 0.25) is 0 Å². The molecule has 0 bridgehead atoms. The molecule has 2 aliphatic heterocycles. The van der Waals surface area contributed by atoms with Crippen molar-refractivity contribution in [1.82, 2.24) is 9.80 Å². The summed E-state index contributed by atoms with van der Waals surface area (Å²) in [6.45, 7) is 6.05. The molecule has 2 heterocycles. The molecule has 132 valence electrons. The molecule has 0 amide bonds. The van der Waals surface area contributed by atoms with Crippen LogP contribution in [-0.2, 0) is 4.74 Å². The lowest BCUT2D eigenvalue weighted by molar-refractivity contribution is 0.0673. The molecule has 1 atom stereocenters. The van der Waals surface area contributed by atoms with Crippen molar-refractivity contribution in [3.63, 3.8) is 0 Å². The maximum absolute atomic E-state index is 6.20. The van der Waals surface area contributed by atoms with Crippen molar-refractivity contribution in [2.24, 2.45) is 10.7 Å². The van der Waals surface area contributed by atoms with Gasteiger partial charge in [-0.2, -0.15) is 0 Å². The van der Waals surface area contributed by atoms with Crippen LogP contribution < -0.4 is 10.5 Å². The van der Waals surface area contributed by atoms with E-state index in [1.807, 2.05) is 12.1 Å². The van der Waals surface area contributed by atoms with Crippen molar-refractivity contribution in [2.75, 3.05) is 53.0 Å². The standard InChI is InChI=1S/C18H28N4O2/c1-23-16-6-4-15(5-7-16)17(21-8-2-3-9-21)14-20-18(19)22-10-12-24-13-11-22/h4-7,17H,2-3,8-14H2,1H3,(H2,19,20). The van der Waals surface area contributed by atoms with Crippen LogP contribution in [0.4, 0.5) is 0 Å². The highest BCUT2D eigenvalue weighted by molar-refractivity contribution is 5.78. The number of hydrogen-bond acceptors (Lipinski definition) is 4. The number of morpholine rings is 1. The summed E-state index contributed by atoms with van der Waals surface area (Å²) in [5.74, 6) is 1.52. The van der Waals surface area contributed by atoms with E-state index in [0.717, 1.165) is 45.1 Å². The van der Waals surface area contributed by atoms with Gasteiger partial charge in [-0.15, -0.1) is 0 Å². The van der Waals surface area contributed by atoms with Gasteiger partial charge < -0.3 is 20.1 Å². The number of hydrogen-bond donors (Lipinski definition) is 1. The molecule has 0 aromatic heterocycles. The maximum Gasteiger partial charge on any atom is 0.191 e. The van der Waals surface area contributed by atoms with E-state index in [-0.39, 0.29) is 6.04 Å². The summed E-state index contributed by atoms with van der Waals surface area (Å²) in [6, 6.07) is 8.60. The first kappa shape index (κ1) is 17.0. The Hall–Kier alpha value is -1.79. The van der Waals surface area contributed by atoms with Gasteiger partial charge in [0.25, 0.3) is 0 Å². The normalized spacial score (nSPS) is 21.0. The third-order valence-electron chi connectivity index (χ3n) is 4.84. The smallest absolute Gasteiger partial charge is 0.191 e. The summed E-state index contributed by atoms with van der Waals surface area (Å²) in [5, 5.41) is 0. The topological polar surface area (TPSA) is 63.3 Å². The number of nitrogens with zero attached hydrogens (tertiary/aromatic N) is 3. The molecule has 6 nitrogen and oxygen atoms in total. The molecule has 2 N–H and O–H groups in total. The van der Waals surface area contributed by atoms with Gasteiger partial charge in [0.1, 0.15) is 5.75 Å². The molecular weight excluding hydrogens is 304 g/mol. The van der Waals surface area contributed by atoms with Crippen molar-refractivity contribution < 1.29 is 9.47 Å². The van der Waals surface area contributed by atoms with Crippen molar-refractivity contribution in [3.8, 4) is 5.75 Å². The number of rotatable bonds is 5. The number of benzene rings is 1. The summed E-state index contributed by atoms with van der Waals surface area (Å²) >= 11 is 0. The SMILES string of the molecule is COc1ccc(C(CN=C(N)N2CCOCC2)N2CCCC2)cc1. The van der Waals surface area contributed by atoms with Gasteiger partial charge in [0, 0.05) is 13.1 Å². The minimum Gasteiger partial charge on any atom is -0.497 e. The molecule has 0 radical (unpaired) electrons. The Kier molecular flexibility index (Phi) is 5.93. The fraction of sp³-hybridized carbons (Fsp3) is 0.611. The lowest BCUT2D eigenvalue weighted by Crippen LogP contribution is -2.45. The highest BCUT2D eigenvalue weighted by Gasteiger charge is 2.24. The Labute approximate surface area is 144 Å². The lowest BCUT2D eigenvalue weighted by Gasteiger charge is -2.30. The molecule has 2 saturated heterocycles. The Morgan fingerprint density at radius 3 is 2.46 bits per heavy atom. The Morgan fingerprint density at radius 1 is 1.17 bits per heavy atom. The van der Waals surface area contributed by atoms with E-state index < -0.39 is 0 Å². The maximum atomic E-state index is 6.20. The molecular formula is C18H28N4O2. The van der Waals surface area contributed by atoms with Crippen molar-refractivity contribution in [2.45, 2.75) is 18.9 Å². The van der Waals surface area contributed by atoms with Crippen LogP contribution in [0.2, 0.25) is 0 Å². The van der Waals surface area contributed by atoms with Crippen LogP contribution in [0.15, 0.2) is 29.3 Å². The fourth-order valence-electron chi connectivity index (χ4n) is 3.38. The summed E-state index contributed by atoms with van der Waals surface area (Å²) < 4.78 is 10.6. The molecule has 1 aromatic rings. The van der Waals surface area contributed by atoms with Gasteiger partial charge >= 0.3 is 0 Å². The van der Waals surface area contributed by atoms with E-state index in [2.05, 4.69) is 21.9 Å². The summed E-state index contributed by atoms with van der Waals surface area (Å²) in [4.78, 5) is 9.33. The quantitative estimate of drug-likeness (QED) is 0.654. The predicted octanol–water partition coefficient (Wildman–Crippen LogP) is 1.48. The van der Waals surface area contributed by atoms with Crippen LogP contribution in [0.25, 0.3) is 0 Å². The highest BCUT2D eigenvalue weighted by atomic mass is 16.5. The zero-order valence-corrected chi connectivity index (χ0v) is 14.5. The van der Waals surface area contributed by atoms with Crippen molar-refractivity contribution >= 4 is 5.96 Å². The third kappa shape index (κ3) is 4.19. The van der Waals surface area contributed by atoms with E-state index in [1.54, 1.807) is 7.11 Å². The van der Waals surface area contributed by atoms with E-state index in [4.69, 9.17) is 20.2 Å². The van der Waals surface area contributed by atoms with Gasteiger partial charge in [0.05, 0.1) is 32.9 Å². The minimum atomic E-state index is 0.276. The molecule has 1 aromatic carbocycles. The second kappa shape index (κ2) is 8.35. The minimum absolute atomic E-state index is 0.276. The van der Waals surface area contributed by atoms with Gasteiger partial charge in [-0.1, -0.05) is 12.1 Å². The summed E-state index contributed by atoms with van der Waals surface area (Å²) in [6.07, 6.45) is 2.52. The first-order valence-corrected chi connectivity index (χ1v) is 8.78. The number of aliphatic imine (C=N–C) groups is 1. The van der Waals surface area contributed by atoms with Crippen LogP contribution in [0.5, 0.6) is 5.75 Å². The second-order valence-corrected chi connectivity index (χ2v) is 6.33. The number of ether oxygens (including phenoxy) is 2. The van der Waals surface area contributed by atoms with E-state index in [9.17, 15) is 0 Å². The molecule has 24 heavy (non-hydrogen) atoms.